The Morgan fingerprint density at radius 2 is 1.50 bits per heavy atom. The van der Waals surface area contributed by atoms with Crippen molar-refractivity contribution in [1.82, 2.24) is 0 Å². The van der Waals surface area contributed by atoms with Gasteiger partial charge < -0.3 is 4.74 Å². The highest BCUT2D eigenvalue weighted by Gasteiger charge is 2.16. The van der Waals surface area contributed by atoms with Gasteiger partial charge in [0, 0.05) is 0 Å². The summed E-state index contributed by atoms with van der Waals surface area (Å²) in [7, 11) is 0. The van der Waals surface area contributed by atoms with E-state index in [0.29, 0.717) is 11.3 Å². The molecule has 2 nitrogen and oxygen atoms in total. The van der Waals surface area contributed by atoms with Gasteiger partial charge in [-0.1, -0.05) is 86.5 Å². The molecule has 0 spiro atoms. The molecule has 0 heterocycles. The molecule has 0 aliphatic carbocycles. The van der Waals surface area contributed by atoms with Gasteiger partial charge in [0.05, 0.1) is 5.56 Å². The second-order valence-electron chi connectivity index (χ2n) is 6.37. The van der Waals surface area contributed by atoms with Crippen molar-refractivity contribution in [2.45, 2.75) is 32.6 Å². The molecular weight excluding hydrogens is 320 g/mol. The average Bonchev–Trinajstić information content (AvgIpc) is 2.70. The monoisotopic (exact) mass is 344 g/mol. The molecule has 0 fully saturated rings. The van der Waals surface area contributed by atoms with Crippen molar-refractivity contribution in [2.24, 2.45) is 0 Å². The number of ether oxygens (including phenoxy) is 1. The maximum Gasteiger partial charge on any atom is 0.344 e. The van der Waals surface area contributed by atoms with E-state index in [9.17, 15) is 4.79 Å². The Labute approximate surface area is 155 Å². The van der Waals surface area contributed by atoms with E-state index < -0.39 is 0 Å². The molecule has 0 amide bonds. The highest BCUT2D eigenvalue weighted by molar-refractivity contribution is 5.98. The minimum absolute atomic E-state index is 0.313. The third kappa shape index (κ3) is 4.40. The zero-order valence-corrected chi connectivity index (χ0v) is 15.2. The van der Waals surface area contributed by atoms with Crippen LogP contribution in [0.2, 0.25) is 0 Å². The average molecular weight is 344 g/mol. The fourth-order valence-corrected chi connectivity index (χ4v) is 3.06. The number of carbonyl (C=O) groups excluding carboxylic acids is 1. The number of benzene rings is 3. The minimum Gasteiger partial charge on any atom is -0.423 e. The number of aryl methyl sites for hydroxylation is 1. The summed E-state index contributed by atoms with van der Waals surface area (Å²) in [6, 6.07) is 25.3. The standard InChI is InChI=1S/C24H24O2/c1-2-3-5-14-20-15-8-11-18-23(20)26-24(25)22-17-10-9-16-21(22)19-12-6-4-7-13-19/h4,6-13,15-18H,2-3,5,14H2,1H3. The highest BCUT2D eigenvalue weighted by Crippen LogP contribution is 2.26. The molecule has 3 aromatic rings. The summed E-state index contributed by atoms with van der Waals surface area (Å²) in [6.45, 7) is 2.19. The molecule has 0 radical (unpaired) electrons. The molecule has 132 valence electrons. The van der Waals surface area contributed by atoms with E-state index in [0.717, 1.165) is 29.5 Å². The summed E-state index contributed by atoms with van der Waals surface area (Å²) < 4.78 is 5.79. The normalized spacial score (nSPS) is 10.5. The van der Waals surface area contributed by atoms with E-state index in [1.165, 1.54) is 12.8 Å². The number of hydrogen-bond donors (Lipinski definition) is 0. The van der Waals surface area contributed by atoms with Crippen molar-refractivity contribution in [3.8, 4) is 16.9 Å². The highest BCUT2D eigenvalue weighted by atomic mass is 16.5. The van der Waals surface area contributed by atoms with Crippen LogP contribution in [0.4, 0.5) is 0 Å². The van der Waals surface area contributed by atoms with Crippen LogP contribution in [0, 0.1) is 0 Å². The summed E-state index contributed by atoms with van der Waals surface area (Å²) in [5, 5.41) is 0. The zero-order chi connectivity index (χ0) is 18.2. The number of hydrogen-bond acceptors (Lipinski definition) is 2. The van der Waals surface area contributed by atoms with Crippen molar-refractivity contribution >= 4 is 5.97 Å². The van der Waals surface area contributed by atoms with Crippen LogP contribution in [0.15, 0.2) is 78.9 Å². The number of esters is 1. The van der Waals surface area contributed by atoms with E-state index in [2.05, 4.69) is 6.92 Å². The van der Waals surface area contributed by atoms with Crippen molar-refractivity contribution < 1.29 is 9.53 Å². The van der Waals surface area contributed by atoms with E-state index in [-0.39, 0.29) is 5.97 Å². The third-order valence-electron chi connectivity index (χ3n) is 4.46. The third-order valence-corrected chi connectivity index (χ3v) is 4.46. The second kappa shape index (κ2) is 9.00. The molecule has 0 saturated heterocycles. The van der Waals surface area contributed by atoms with Crippen LogP contribution in [0.3, 0.4) is 0 Å². The van der Waals surface area contributed by atoms with E-state index in [4.69, 9.17) is 4.74 Å². The minimum atomic E-state index is -0.313. The summed E-state index contributed by atoms with van der Waals surface area (Å²) in [5.74, 6) is 0.351. The molecule has 3 rings (SSSR count). The first-order chi connectivity index (χ1) is 12.8. The topological polar surface area (TPSA) is 26.3 Å². The van der Waals surface area contributed by atoms with Crippen molar-refractivity contribution in [1.29, 1.82) is 0 Å². The van der Waals surface area contributed by atoms with Gasteiger partial charge in [0.1, 0.15) is 5.75 Å². The van der Waals surface area contributed by atoms with Gasteiger partial charge in [-0.25, -0.2) is 4.79 Å². The molecule has 0 atom stereocenters. The Kier molecular flexibility index (Phi) is 6.21. The Morgan fingerprint density at radius 3 is 2.31 bits per heavy atom. The quantitative estimate of drug-likeness (QED) is 0.285. The predicted octanol–water partition coefficient (Wildman–Crippen LogP) is 6.31. The molecule has 0 unspecified atom stereocenters. The van der Waals surface area contributed by atoms with E-state index in [1.807, 2.05) is 78.9 Å². The lowest BCUT2D eigenvalue weighted by molar-refractivity contribution is 0.0734. The molecule has 0 saturated carbocycles. The maximum atomic E-state index is 12.9. The van der Waals surface area contributed by atoms with Crippen LogP contribution in [0.5, 0.6) is 5.75 Å². The van der Waals surface area contributed by atoms with Crippen molar-refractivity contribution in [3.05, 3.63) is 90.0 Å². The molecule has 0 bridgehead atoms. The summed E-state index contributed by atoms with van der Waals surface area (Å²) >= 11 is 0. The van der Waals surface area contributed by atoms with E-state index >= 15 is 0 Å². The first kappa shape index (κ1) is 17.9. The number of carbonyl (C=O) groups is 1. The molecule has 0 N–H and O–H groups in total. The van der Waals surface area contributed by atoms with Crippen molar-refractivity contribution in [2.75, 3.05) is 0 Å². The molecule has 2 heteroatoms. The summed E-state index contributed by atoms with van der Waals surface area (Å²) in [4.78, 5) is 12.9. The van der Waals surface area contributed by atoms with Gasteiger partial charge in [0.2, 0.25) is 0 Å². The SMILES string of the molecule is CCCCCc1ccccc1OC(=O)c1ccccc1-c1ccccc1. The smallest absolute Gasteiger partial charge is 0.344 e. The summed E-state index contributed by atoms with van der Waals surface area (Å²) in [6.07, 6.45) is 4.38. The fourth-order valence-electron chi connectivity index (χ4n) is 3.06. The number of unbranched alkanes of at least 4 members (excludes halogenated alkanes) is 2. The molecule has 26 heavy (non-hydrogen) atoms. The Bertz CT molecular complexity index is 853. The van der Waals surface area contributed by atoms with Gasteiger partial charge in [-0.05, 0) is 41.7 Å². The van der Waals surface area contributed by atoms with Gasteiger partial charge >= 0.3 is 5.97 Å². The first-order valence-electron chi connectivity index (χ1n) is 9.24. The number of para-hydroxylation sites is 1. The molecule has 0 aliphatic heterocycles. The maximum absolute atomic E-state index is 12.9. The van der Waals surface area contributed by atoms with Crippen LogP contribution in [-0.4, -0.2) is 5.97 Å². The van der Waals surface area contributed by atoms with Crippen LogP contribution < -0.4 is 4.74 Å². The van der Waals surface area contributed by atoms with Crippen LogP contribution >= 0.6 is 0 Å². The second-order valence-corrected chi connectivity index (χ2v) is 6.37. The fraction of sp³-hybridized carbons (Fsp3) is 0.208. The Morgan fingerprint density at radius 1 is 0.808 bits per heavy atom. The lowest BCUT2D eigenvalue weighted by atomic mass is 10.00. The predicted molar refractivity (Wildman–Crippen MR) is 107 cm³/mol. The van der Waals surface area contributed by atoms with Crippen LogP contribution in [0.1, 0.15) is 42.1 Å². The van der Waals surface area contributed by atoms with Gasteiger partial charge in [0.25, 0.3) is 0 Å². The molecular formula is C24H24O2. The van der Waals surface area contributed by atoms with Gasteiger partial charge in [-0.3, -0.25) is 0 Å². The first-order valence-corrected chi connectivity index (χ1v) is 9.24. The Balaban J connectivity index is 1.84. The van der Waals surface area contributed by atoms with Crippen molar-refractivity contribution in [3.63, 3.8) is 0 Å². The number of rotatable bonds is 7. The lowest BCUT2D eigenvalue weighted by Gasteiger charge is -2.12. The molecule has 3 aromatic carbocycles. The Hall–Kier alpha value is -2.87. The molecule has 0 aromatic heterocycles. The van der Waals surface area contributed by atoms with Gasteiger partial charge in [-0.15, -0.1) is 0 Å². The largest absolute Gasteiger partial charge is 0.423 e. The van der Waals surface area contributed by atoms with Crippen LogP contribution in [-0.2, 0) is 6.42 Å². The van der Waals surface area contributed by atoms with Gasteiger partial charge in [-0.2, -0.15) is 0 Å². The summed E-state index contributed by atoms with van der Waals surface area (Å²) in [5.41, 5.74) is 3.58. The van der Waals surface area contributed by atoms with Crippen LogP contribution in [0.25, 0.3) is 11.1 Å². The van der Waals surface area contributed by atoms with E-state index in [1.54, 1.807) is 0 Å². The lowest BCUT2D eigenvalue weighted by Crippen LogP contribution is -2.11. The molecule has 0 aliphatic rings. The van der Waals surface area contributed by atoms with Gasteiger partial charge in [0.15, 0.2) is 0 Å². The zero-order valence-electron chi connectivity index (χ0n) is 15.2.